The summed E-state index contributed by atoms with van der Waals surface area (Å²) in [5, 5.41) is 10.2. The SMILES string of the molecule is CC(C)(C)c1ccc(COc2ccc(Oc3ccc(OC(F)(F)F)cc3)cc2O)cc1. The minimum absolute atomic E-state index is 0.0686. The van der Waals surface area contributed by atoms with Gasteiger partial charge in [0, 0.05) is 6.07 Å². The molecule has 0 aliphatic heterocycles. The van der Waals surface area contributed by atoms with Gasteiger partial charge in [0.2, 0.25) is 0 Å². The number of phenolic OH excluding ortho intramolecular Hbond substituents is 1. The van der Waals surface area contributed by atoms with Crippen LogP contribution in [0.2, 0.25) is 0 Å². The second-order valence-electron chi connectivity index (χ2n) is 7.99. The topological polar surface area (TPSA) is 47.9 Å². The maximum Gasteiger partial charge on any atom is 0.573 e. The van der Waals surface area contributed by atoms with Crippen molar-refractivity contribution >= 4 is 0 Å². The maximum atomic E-state index is 12.2. The molecule has 0 fully saturated rings. The number of aromatic hydroxyl groups is 1. The highest BCUT2D eigenvalue weighted by molar-refractivity contribution is 5.46. The zero-order valence-corrected chi connectivity index (χ0v) is 17.4. The standard InChI is InChI=1S/C24H23F3O4/c1-23(2,3)17-6-4-16(5-7-17)15-29-22-13-12-20(14-21(22)28)30-18-8-10-19(11-9-18)31-24(25,26)27/h4-14,28H,15H2,1-3H3. The maximum absolute atomic E-state index is 12.2. The van der Waals surface area contributed by atoms with E-state index >= 15 is 0 Å². The first kappa shape index (κ1) is 22.3. The summed E-state index contributed by atoms with van der Waals surface area (Å²) in [6, 6.07) is 17.6. The van der Waals surface area contributed by atoms with Crippen molar-refractivity contribution in [3.63, 3.8) is 0 Å². The van der Waals surface area contributed by atoms with Crippen LogP contribution >= 0.6 is 0 Å². The van der Waals surface area contributed by atoms with E-state index in [1.54, 1.807) is 12.1 Å². The summed E-state index contributed by atoms with van der Waals surface area (Å²) in [6.45, 7) is 6.72. The Morgan fingerprint density at radius 3 is 1.90 bits per heavy atom. The van der Waals surface area contributed by atoms with Gasteiger partial charge in [0.25, 0.3) is 0 Å². The van der Waals surface area contributed by atoms with Crippen LogP contribution in [-0.4, -0.2) is 11.5 Å². The van der Waals surface area contributed by atoms with Crippen LogP contribution in [-0.2, 0) is 12.0 Å². The van der Waals surface area contributed by atoms with E-state index in [0.717, 1.165) is 17.7 Å². The van der Waals surface area contributed by atoms with Crippen LogP contribution in [0.15, 0.2) is 66.7 Å². The number of rotatable bonds is 6. The van der Waals surface area contributed by atoms with Gasteiger partial charge < -0.3 is 19.3 Å². The van der Waals surface area contributed by atoms with Gasteiger partial charge >= 0.3 is 6.36 Å². The summed E-state index contributed by atoms with van der Waals surface area (Å²) in [5.41, 5.74) is 2.26. The van der Waals surface area contributed by atoms with Crippen molar-refractivity contribution in [3.8, 4) is 28.7 Å². The molecular formula is C24H23F3O4. The normalized spacial score (nSPS) is 11.8. The first-order chi connectivity index (χ1) is 14.5. The molecule has 0 unspecified atom stereocenters. The fraction of sp³-hybridized carbons (Fsp3) is 0.250. The molecule has 0 aliphatic carbocycles. The number of hydrogen-bond acceptors (Lipinski definition) is 4. The van der Waals surface area contributed by atoms with Crippen molar-refractivity contribution in [1.82, 2.24) is 0 Å². The van der Waals surface area contributed by atoms with Gasteiger partial charge in [0.15, 0.2) is 11.5 Å². The average molecular weight is 432 g/mol. The van der Waals surface area contributed by atoms with Crippen molar-refractivity contribution in [2.45, 2.75) is 39.2 Å². The summed E-state index contributed by atoms with van der Waals surface area (Å²) in [4.78, 5) is 0. The Balaban J connectivity index is 1.60. The van der Waals surface area contributed by atoms with E-state index in [0.29, 0.717) is 23.9 Å². The van der Waals surface area contributed by atoms with Gasteiger partial charge in [-0.3, -0.25) is 0 Å². The number of hydrogen-bond donors (Lipinski definition) is 1. The van der Waals surface area contributed by atoms with Crippen LogP contribution < -0.4 is 14.2 Å². The summed E-state index contributed by atoms with van der Waals surface area (Å²) in [6.07, 6.45) is -4.75. The van der Waals surface area contributed by atoms with E-state index < -0.39 is 6.36 Å². The highest BCUT2D eigenvalue weighted by Crippen LogP contribution is 2.34. The summed E-state index contributed by atoms with van der Waals surface area (Å²) < 4.78 is 51.7. The summed E-state index contributed by atoms with van der Waals surface area (Å²) >= 11 is 0. The third-order valence-corrected chi connectivity index (χ3v) is 4.44. The van der Waals surface area contributed by atoms with E-state index in [2.05, 4.69) is 37.6 Å². The van der Waals surface area contributed by atoms with Gasteiger partial charge in [-0.2, -0.15) is 0 Å². The molecule has 0 heterocycles. The zero-order chi connectivity index (χ0) is 22.6. The Morgan fingerprint density at radius 2 is 1.35 bits per heavy atom. The minimum atomic E-state index is -4.75. The monoisotopic (exact) mass is 432 g/mol. The van der Waals surface area contributed by atoms with Crippen molar-refractivity contribution in [1.29, 1.82) is 0 Å². The molecule has 0 spiro atoms. The smallest absolute Gasteiger partial charge is 0.504 e. The molecule has 0 radical (unpaired) electrons. The highest BCUT2D eigenvalue weighted by Gasteiger charge is 2.31. The molecule has 0 bridgehead atoms. The largest absolute Gasteiger partial charge is 0.573 e. The molecule has 1 N–H and O–H groups in total. The molecule has 7 heteroatoms. The molecule has 164 valence electrons. The van der Waals surface area contributed by atoms with E-state index in [-0.39, 0.29) is 16.9 Å². The Kier molecular flexibility index (Phi) is 6.34. The Morgan fingerprint density at radius 1 is 0.774 bits per heavy atom. The number of benzene rings is 3. The lowest BCUT2D eigenvalue weighted by Gasteiger charge is -2.19. The predicted molar refractivity (Wildman–Crippen MR) is 111 cm³/mol. The van der Waals surface area contributed by atoms with Gasteiger partial charge in [0.1, 0.15) is 23.9 Å². The number of phenols is 1. The van der Waals surface area contributed by atoms with E-state index in [1.807, 2.05) is 12.1 Å². The number of halogens is 3. The molecule has 3 rings (SSSR count). The van der Waals surface area contributed by atoms with E-state index in [9.17, 15) is 18.3 Å². The first-order valence-corrected chi connectivity index (χ1v) is 9.58. The Bertz CT molecular complexity index is 1000. The van der Waals surface area contributed by atoms with Gasteiger partial charge in [-0.25, -0.2) is 0 Å². The van der Waals surface area contributed by atoms with Crippen LogP contribution in [0.1, 0.15) is 31.9 Å². The third-order valence-electron chi connectivity index (χ3n) is 4.44. The van der Waals surface area contributed by atoms with Crippen molar-refractivity contribution in [2.24, 2.45) is 0 Å². The lowest BCUT2D eigenvalue weighted by atomic mass is 9.87. The molecule has 0 aliphatic rings. The van der Waals surface area contributed by atoms with Crippen LogP contribution in [0.3, 0.4) is 0 Å². The quantitative estimate of drug-likeness (QED) is 0.457. The molecule has 4 nitrogen and oxygen atoms in total. The molecule has 3 aromatic rings. The average Bonchev–Trinajstić information content (AvgIpc) is 2.67. The van der Waals surface area contributed by atoms with E-state index in [1.165, 1.54) is 23.8 Å². The minimum Gasteiger partial charge on any atom is -0.504 e. The second kappa shape index (κ2) is 8.79. The molecule has 0 saturated carbocycles. The third kappa shape index (κ3) is 6.57. The van der Waals surface area contributed by atoms with Crippen molar-refractivity contribution in [2.75, 3.05) is 0 Å². The van der Waals surface area contributed by atoms with Crippen LogP contribution in [0.25, 0.3) is 0 Å². The van der Waals surface area contributed by atoms with Crippen molar-refractivity contribution < 1.29 is 32.5 Å². The molecule has 31 heavy (non-hydrogen) atoms. The molecule has 0 aromatic heterocycles. The van der Waals surface area contributed by atoms with Gasteiger partial charge in [-0.1, -0.05) is 45.0 Å². The summed E-state index contributed by atoms with van der Waals surface area (Å²) in [5.74, 6) is 0.439. The second-order valence-corrected chi connectivity index (χ2v) is 7.99. The van der Waals surface area contributed by atoms with Gasteiger partial charge in [-0.05, 0) is 52.9 Å². The Hall–Kier alpha value is -3.35. The molecule has 0 amide bonds. The van der Waals surface area contributed by atoms with Gasteiger partial charge in [0.05, 0.1) is 0 Å². The lowest BCUT2D eigenvalue weighted by Crippen LogP contribution is -2.16. The van der Waals surface area contributed by atoms with Gasteiger partial charge in [-0.15, -0.1) is 13.2 Å². The van der Waals surface area contributed by atoms with Crippen LogP contribution in [0.5, 0.6) is 28.7 Å². The molecule has 3 aromatic carbocycles. The summed E-state index contributed by atoms with van der Waals surface area (Å²) in [7, 11) is 0. The highest BCUT2D eigenvalue weighted by atomic mass is 19.4. The van der Waals surface area contributed by atoms with E-state index in [4.69, 9.17) is 9.47 Å². The molecule has 0 atom stereocenters. The lowest BCUT2D eigenvalue weighted by molar-refractivity contribution is -0.274. The van der Waals surface area contributed by atoms with Crippen LogP contribution in [0, 0.1) is 0 Å². The Labute approximate surface area is 178 Å². The molecular weight excluding hydrogens is 409 g/mol. The predicted octanol–water partition coefficient (Wildman–Crippen LogP) is 6.96. The van der Waals surface area contributed by atoms with Crippen molar-refractivity contribution in [3.05, 3.63) is 77.9 Å². The zero-order valence-electron chi connectivity index (χ0n) is 17.4. The van der Waals surface area contributed by atoms with Crippen LogP contribution in [0.4, 0.5) is 13.2 Å². The fourth-order valence-electron chi connectivity index (χ4n) is 2.79. The first-order valence-electron chi connectivity index (χ1n) is 9.58. The number of alkyl halides is 3. The molecule has 0 saturated heterocycles. The number of ether oxygens (including phenoxy) is 3. The fourth-order valence-corrected chi connectivity index (χ4v) is 2.79.